The third-order valence-electron chi connectivity index (χ3n) is 7.43. The van der Waals surface area contributed by atoms with Crippen molar-refractivity contribution in [1.82, 2.24) is 14.4 Å². The number of halogens is 1. The molecule has 0 aliphatic carbocycles. The second kappa shape index (κ2) is 11.3. The molecule has 1 aliphatic rings. The molecule has 0 unspecified atom stereocenters. The SMILES string of the molecule is Cc1ccc(C(=O)c2c(C)cn(Cc3ccc(F)cc3)c2C(=O)N2CCN(C(=O)c3ccc(C)cc3)CC2)cc1. The topological polar surface area (TPSA) is 62.6 Å². The second-order valence-corrected chi connectivity index (χ2v) is 10.4. The summed E-state index contributed by atoms with van der Waals surface area (Å²) in [7, 11) is 0. The van der Waals surface area contributed by atoms with E-state index in [1.54, 1.807) is 38.6 Å². The molecule has 6 nitrogen and oxygen atoms in total. The van der Waals surface area contributed by atoms with Crippen molar-refractivity contribution < 1.29 is 18.8 Å². The van der Waals surface area contributed by atoms with Crippen LogP contribution in [0.15, 0.2) is 79.0 Å². The molecule has 1 aromatic heterocycles. The molecule has 7 heteroatoms. The van der Waals surface area contributed by atoms with Gasteiger partial charge in [0.05, 0.1) is 5.56 Å². The first-order chi connectivity index (χ1) is 19.2. The molecular formula is C33H32FN3O3. The van der Waals surface area contributed by atoms with Gasteiger partial charge in [0.1, 0.15) is 11.5 Å². The fraction of sp³-hybridized carbons (Fsp3) is 0.242. The molecule has 1 saturated heterocycles. The summed E-state index contributed by atoms with van der Waals surface area (Å²) < 4.78 is 15.3. The Kier molecular flexibility index (Phi) is 7.65. The number of ketones is 1. The average Bonchev–Trinajstić information content (AvgIpc) is 3.29. The van der Waals surface area contributed by atoms with Gasteiger partial charge in [0, 0.05) is 50.0 Å². The van der Waals surface area contributed by atoms with Gasteiger partial charge in [-0.2, -0.15) is 0 Å². The first-order valence-electron chi connectivity index (χ1n) is 13.4. The lowest BCUT2D eigenvalue weighted by molar-refractivity contribution is 0.0529. The highest BCUT2D eigenvalue weighted by Gasteiger charge is 2.32. The number of carbonyl (C=O) groups is 3. The summed E-state index contributed by atoms with van der Waals surface area (Å²) in [6.45, 7) is 7.59. The predicted octanol–water partition coefficient (Wildman–Crippen LogP) is 5.43. The van der Waals surface area contributed by atoms with Crippen LogP contribution >= 0.6 is 0 Å². The van der Waals surface area contributed by atoms with Crippen molar-refractivity contribution in [3.05, 3.63) is 129 Å². The molecule has 0 atom stereocenters. The average molecular weight is 538 g/mol. The zero-order valence-corrected chi connectivity index (χ0v) is 23.0. The molecule has 1 aliphatic heterocycles. The van der Waals surface area contributed by atoms with Crippen molar-refractivity contribution in [3.63, 3.8) is 0 Å². The number of nitrogens with zero attached hydrogens (tertiary/aromatic N) is 3. The van der Waals surface area contributed by atoms with Crippen LogP contribution in [0.5, 0.6) is 0 Å². The number of amides is 2. The summed E-state index contributed by atoms with van der Waals surface area (Å²) in [6.07, 6.45) is 1.81. The monoisotopic (exact) mass is 537 g/mol. The van der Waals surface area contributed by atoms with E-state index in [-0.39, 0.29) is 23.4 Å². The highest BCUT2D eigenvalue weighted by atomic mass is 19.1. The molecular weight excluding hydrogens is 505 g/mol. The smallest absolute Gasteiger partial charge is 0.271 e. The fourth-order valence-corrected chi connectivity index (χ4v) is 5.11. The number of aryl methyl sites for hydroxylation is 3. The highest BCUT2D eigenvalue weighted by Crippen LogP contribution is 2.25. The maximum absolute atomic E-state index is 14.1. The Hall–Kier alpha value is -4.52. The van der Waals surface area contributed by atoms with E-state index in [0.29, 0.717) is 60.7 Å². The van der Waals surface area contributed by atoms with Gasteiger partial charge in [0.2, 0.25) is 0 Å². The molecule has 0 radical (unpaired) electrons. The second-order valence-electron chi connectivity index (χ2n) is 10.4. The Morgan fingerprint density at radius 2 is 1.18 bits per heavy atom. The maximum Gasteiger partial charge on any atom is 0.271 e. The zero-order valence-electron chi connectivity index (χ0n) is 23.0. The highest BCUT2D eigenvalue weighted by molar-refractivity contribution is 6.16. The lowest BCUT2D eigenvalue weighted by atomic mass is 9.99. The third kappa shape index (κ3) is 5.59. The van der Waals surface area contributed by atoms with E-state index in [0.717, 1.165) is 16.7 Å². The Balaban J connectivity index is 1.43. The van der Waals surface area contributed by atoms with Gasteiger partial charge in [-0.1, -0.05) is 59.7 Å². The molecule has 40 heavy (non-hydrogen) atoms. The van der Waals surface area contributed by atoms with Crippen LogP contribution in [0.4, 0.5) is 4.39 Å². The van der Waals surface area contributed by atoms with Gasteiger partial charge in [0.25, 0.3) is 11.8 Å². The number of benzene rings is 3. The van der Waals surface area contributed by atoms with Crippen LogP contribution in [-0.4, -0.2) is 58.1 Å². The Bertz CT molecular complexity index is 1550. The lowest BCUT2D eigenvalue weighted by Crippen LogP contribution is -2.51. The van der Waals surface area contributed by atoms with Crippen molar-refractivity contribution in [2.24, 2.45) is 0 Å². The van der Waals surface area contributed by atoms with E-state index >= 15 is 0 Å². The Morgan fingerprint density at radius 1 is 0.675 bits per heavy atom. The van der Waals surface area contributed by atoms with Gasteiger partial charge < -0.3 is 14.4 Å². The molecule has 0 bridgehead atoms. The molecule has 1 fully saturated rings. The third-order valence-corrected chi connectivity index (χ3v) is 7.43. The predicted molar refractivity (Wildman–Crippen MR) is 152 cm³/mol. The normalized spacial score (nSPS) is 13.4. The van der Waals surface area contributed by atoms with Gasteiger partial charge in [-0.15, -0.1) is 0 Å². The number of carbonyl (C=O) groups excluding carboxylic acids is 3. The molecule has 2 heterocycles. The zero-order chi connectivity index (χ0) is 28.4. The summed E-state index contributed by atoms with van der Waals surface area (Å²) >= 11 is 0. The van der Waals surface area contributed by atoms with E-state index in [4.69, 9.17) is 0 Å². The summed E-state index contributed by atoms with van der Waals surface area (Å²) in [5.41, 5.74) is 5.45. The number of aromatic nitrogens is 1. The van der Waals surface area contributed by atoms with Crippen LogP contribution in [-0.2, 0) is 6.54 Å². The molecule has 204 valence electrons. The minimum atomic E-state index is -0.336. The summed E-state index contributed by atoms with van der Waals surface area (Å²) in [4.78, 5) is 44.3. The van der Waals surface area contributed by atoms with Crippen molar-refractivity contribution in [2.75, 3.05) is 26.2 Å². The molecule has 0 saturated carbocycles. The first kappa shape index (κ1) is 27.1. The van der Waals surface area contributed by atoms with Crippen molar-refractivity contribution in [3.8, 4) is 0 Å². The van der Waals surface area contributed by atoms with Gasteiger partial charge >= 0.3 is 0 Å². The molecule has 3 aromatic carbocycles. The van der Waals surface area contributed by atoms with Crippen molar-refractivity contribution in [2.45, 2.75) is 27.3 Å². The van der Waals surface area contributed by atoms with Crippen LogP contribution in [0.2, 0.25) is 0 Å². The molecule has 5 rings (SSSR count). The number of rotatable bonds is 6. The molecule has 2 amide bonds. The number of piperazine rings is 1. The molecule has 0 spiro atoms. The fourth-order valence-electron chi connectivity index (χ4n) is 5.11. The molecule has 4 aromatic rings. The lowest BCUT2D eigenvalue weighted by Gasteiger charge is -2.35. The number of hydrogen-bond acceptors (Lipinski definition) is 3. The van der Waals surface area contributed by atoms with Crippen LogP contribution in [0, 0.1) is 26.6 Å². The van der Waals surface area contributed by atoms with E-state index in [9.17, 15) is 18.8 Å². The maximum atomic E-state index is 14.1. The van der Waals surface area contributed by atoms with Crippen LogP contribution in [0.1, 0.15) is 59.0 Å². The van der Waals surface area contributed by atoms with Crippen molar-refractivity contribution in [1.29, 1.82) is 0 Å². The Morgan fingerprint density at radius 3 is 1.73 bits per heavy atom. The van der Waals surface area contributed by atoms with Gasteiger partial charge in [-0.3, -0.25) is 14.4 Å². The van der Waals surface area contributed by atoms with E-state index in [2.05, 4.69) is 0 Å². The number of hydrogen-bond donors (Lipinski definition) is 0. The van der Waals surface area contributed by atoms with Crippen LogP contribution < -0.4 is 0 Å². The van der Waals surface area contributed by atoms with E-state index < -0.39 is 0 Å². The quantitative estimate of drug-likeness (QED) is 0.308. The largest absolute Gasteiger partial charge is 0.338 e. The standard InChI is InChI=1S/C33H32FN3O3/c1-22-4-10-26(11-5-22)31(38)29-24(3)20-37(21-25-8-14-28(34)15-9-25)30(29)33(40)36-18-16-35(17-19-36)32(39)27-12-6-23(2)7-13-27/h4-15,20H,16-19,21H2,1-3H3. The minimum absolute atomic E-state index is 0.0575. The summed E-state index contributed by atoms with van der Waals surface area (Å²) in [5.74, 6) is -0.866. The first-order valence-corrected chi connectivity index (χ1v) is 13.4. The molecule has 0 N–H and O–H groups in total. The van der Waals surface area contributed by atoms with Crippen molar-refractivity contribution >= 4 is 17.6 Å². The van der Waals surface area contributed by atoms with Gasteiger partial charge in [-0.25, -0.2) is 4.39 Å². The van der Waals surface area contributed by atoms with Gasteiger partial charge in [0.15, 0.2) is 5.78 Å². The summed E-state index contributed by atoms with van der Waals surface area (Å²) in [5, 5.41) is 0. The Labute approximate surface area is 233 Å². The summed E-state index contributed by atoms with van der Waals surface area (Å²) in [6, 6.07) is 20.9. The van der Waals surface area contributed by atoms with Crippen LogP contribution in [0.25, 0.3) is 0 Å². The minimum Gasteiger partial charge on any atom is -0.338 e. The van der Waals surface area contributed by atoms with Gasteiger partial charge in [-0.05, 0) is 56.2 Å². The van der Waals surface area contributed by atoms with Crippen LogP contribution in [0.3, 0.4) is 0 Å². The van der Waals surface area contributed by atoms with E-state index in [1.165, 1.54) is 12.1 Å². The van der Waals surface area contributed by atoms with E-state index in [1.807, 2.05) is 63.4 Å².